The molecule has 0 radical (unpaired) electrons. The summed E-state index contributed by atoms with van der Waals surface area (Å²) in [5.74, 6) is 1.50. The lowest BCUT2D eigenvalue weighted by Crippen LogP contribution is -2.18. The van der Waals surface area contributed by atoms with E-state index in [0.717, 1.165) is 12.2 Å². The summed E-state index contributed by atoms with van der Waals surface area (Å²) in [5, 5.41) is 12.1. The monoisotopic (exact) mass is 217 g/mol. The van der Waals surface area contributed by atoms with Crippen molar-refractivity contribution in [1.29, 1.82) is 5.26 Å². The van der Waals surface area contributed by atoms with Gasteiger partial charge in [0.1, 0.15) is 5.82 Å². The van der Waals surface area contributed by atoms with Crippen LogP contribution in [0.2, 0.25) is 0 Å². The molecule has 1 N–H and O–H groups in total. The molecule has 0 aliphatic heterocycles. The summed E-state index contributed by atoms with van der Waals surface area (Å²) in [6.07, 6.45) is 3.98. The maximum atomic E-state index is 8.77. The second-order valence-corrected chi connectivity index (χ2v) is 4.34. The van der Waals surface area contributed by atoms with Crippen molar-refractivity contribution in [2.45, 2.75) is 39.7 Å². The van der Waals surface area contributed by atoms with Gasteiger partial charge in [0.2, 0.25) is 0 Å². The summed E-state index contributed by atoms with van der Waals surface area (Å²) < 4.78 is 0. The van der Waals surface area contributed by atoms with Crippen LogP contribution in [0, 0.1) is 17.2 Å². The Kier molecular flexibility index (Phi) is 4.78. The van der Waals surface area contributed by atoms with Crippen LogP contribution in [0.4, 0.5) is 5.82 Å². The van der Waals surface area contributed by atoms with Crippen molar-refractivity contribution in [3.63, 3.8) is 0 Å². The van der Waals surface area contributed by atoms with Crippen LogP contribution >= 0.6 is 0 Å². The van der Waals surface area contributed by atoms with Crippen LogP contribution < -0.4 is 5.32 Å². The van der Waals surface area contributed by atoms with E-state index in [4.69, 9.17) is 5.26 Å². The van der Waals surface area contributed by atoms with Gasteiger partial charge in [0.15, 0.2) is 0 Å². The van der Waals surface area contributed by atoms with E-state index in [1.807, 2.05) is 0 Å². The van der Waals surface area contributed by atoms with Crippen molar-refractivity contribution < 1.29 is 0 Å². The molecule has 0 aromatic carbocycles. The van der Waals surface area contributed by atoms with Gasteiger partial charge in [0, 0.05) is 12.2 Å². The van der Waals surface area contributed by atoms with Gasteiger partial charge in [-0.2, -0.15) is 5.26 Å². The number of nitrogens with one attached hydrogen (secondary N) is 1. The molecule has 0 saturated carbocycles. The van der Waals surface area contributed by atoms with Crippen molar-refractivity contribution in [2.24, 2.45) is 5.92 Å². The third-order valence-corrected chi connectivity index (χ3v) is 2.74. The fourth-order valence-corrected chi connectivity index (χ4v) is 1.66. The van der Waals surface area contributed by atoms with Gasteiger partial charge < -0.3 is 5.32 Å². The van der Waals surface area contributed by atoms with Crippen LogP contribution in [0.25, 0.3) is 0 Å². The molecule has 0 spiro atoms. The molecule has 0 saturated heterocycles. The largest absolute Gasteiger partial charge is 0.368 e. The maximum absolute atomic E-state index is 8.77. The van der Waals surface area contributed by atoms with Gasteiger partial charge >= 0.3 is 0 Å². The molecule has 0 aliphatic rings. The van der Waals surface area contributed by atoms with E-state index in [1.54, 1.807) is 18.3 Å². The molecule has 2 atom stereocenters. The van der Waals surface area contributed by atoms with Gasteiger partial charge in [-0.1, -0.05) is 20.3 Å². The minimum Gasteiger partial charge on any atom is -0.368 e. The highest BCUT2D eigenvalue weighted by Crippen LogP contribution is 2.14. The van der Waals surface area contributed by atoms with E-state index >= 15 is 0 Å². The zero-order valence-corrected chi connectivity index (χ0v) is 10.2. The smallest absolute Gasteiger partial charge is 0.127 e. The van der Waals surface area contributed by atoms with E-state index in [-0.39, 0.29) is 0 Å². The molecule has 1 heterocycles. The number of nitriles is 1. The summed E-state index contributed by atoms with van der Waals surface area (Å²) in [6, 6.07) is 6.00. The first kappa shape index (κ1) is 12.5. The topological polar surface area (TPSA) is 48.7 Å². The van der Waals surface area contributed by atoms with Crippen LogP contribution in [0.15, 0.2) is 18.3 Å². The molecule has 0 fully saturated rings. The SMILES string of the molecule is CCC(C)CC(C)Nc1cc(C#N)ccn1. The second kappa shape index (κ2) is 6.12. The van der Waals surface area contributed by atoms with Crippen molar-refractivity contribution >= 4 is 5.82 Å². The summed E-state index contributed by atoms with van der Waals surface area (Å²) >= 11 is 0. The second-order valence-electron chi connectivity index (χ2n) is 4.34. The molecule has 1 aromatic rings. The summed E-state index contributed by atoms with van der Waals surface area (Å²) in [4.78, 5) is 4.20. The number of aromatic nitrogens is 1. The van der Waals surface area contributed by atoms with E-state index in [0.29, 0.717) is 17.5 Å². The van der Waals surface area contributed by atoms with Crippen molar-refractivity contribution in [1.82, 2.24) is 4.98 Å². The maximum Gasteiger partial charge on any atom is 0.127 e. The normalized spacial score (nSPS) is 13.9. The molecule has 2 unspecified atom stereocenters. The van der Waals surface area contributed by atoms with E-state index in [1.165, 1.54) is 6.42 Å². The van der Waals surface area contributed by atoms with Gasteiger partial charge in [0.05, 0.1) is 11.6 Å². The van der Waals surface area contributed by atoms with E-state index < -0.39 is 0 Å². The minimum absolute atomic E-state index is 0.386. The average Bonchev–Trinajstić information content (AvgIpc) is 2.28. The van der Waals surface area contributed by atoms with Crippen LogP contribution in [-0.4, -0.2) is 11.0 Å². The zero-order chi connectivity index (χ0) is 12.0. The fraction of sp³-hybridized carbons (Fsp3) is 0.538. The lowest BCUT2D eigenvalue weighted by Gasteiger charge is -2.17. The first-order valence-electron chi connectivity index (χ1n) is 5.78. The summed E-state index contributed by atoms with van der Waals surface area (Å²) in [6.45, 7) is 6.59. The molecular formula is C13H19N3. The van der Waals surface area contributed by atoms with E-state index in [9.17, 15) is 0 Å². The summed E-state index contributed by atoms with van der Waals surface area (Å²) in [7, 11) is 0. The molecule has 86 valence electrons. The van der Waals surface area contributed by atoms with Gasteiger partial charge in [0.25, 0.3) is 0 Å². The average molecular weight is 217 g/mol. The molecule has 3 nitrogen and oxygen atoms in total. The van der Waals surface area contributed by atoms with Crippen LogP contribution in [0.3, 0.4) is 0 Å². The molecule has 0 aliphatic carbocycles. The van der Waals surface area contributed by atoms with Crippen molar-refractivity contribution in [3.8, 4) is 6.07 Å². The van der Waals surface area contributed by atoms with Crippen LogP contribution in [-0.2, 0) is 0 Å². The molecule has 3 heteroatoms. The predicted molar refractivity (Wildman–Crippen MR) is 66.1 cm³/mol. The zero-order valence-electron chi connectivity index (χ0n) is 10.2. The number of anilines is 1. The highest BCUT2D eigenvalue weighted by molar-refractivity contribution is 5.42. The fourth-order valence-electron chi connectivity index (χ4n) is 1.66. The third-order valence-electron chi connectivity index (χ3n) is 2.74. The Morgan fingerprint density at radius 1 is 1.50 bits per heavy atom. The van der Waals surface area contributed by atoms with Crippen LogP contribution in [0.1, 0.15) is 39.2 Å². The molecule has 1 rings (SSSR count). The minimum atomic E-state index is 0.386. The lowest BCUT2D eigenvalue weighted by atomic mass is 10.0. The number of nitrogens with zero attached hydrogens (tertiary/aromatic N) is 2. The van der Waals surface area contributed by atoms with Crippen LogP contribution in [0.5, 0.6) is 0 Å². The number of hydrogen-bond donors (Lipinski definition) is 1. The van der Waals surface area contributed by atoms with Crippen molar-refractivity contribution in [2.75, 3.05) is 5.32 Å². The first-order chi connectivity index (χ1) is 7.65. The Balaban J connectivity index is 2.56. The Hall–Kier alpha value is -1.56. The van der Waals surface area contributed by atoms with E-state index in [2.05, 4.69) is 37.1 Å². The first-order valence-corrected chi connectivity index (χ1v) is 5.78. The molecular weight excluding hydrogens is 198 g/mol. The molecule has 0 amide bonds. The quantitative estimate of drug-likeness (QED) is 0.824. The molecule has 16 heavy (non-hydrogen) atoms. The predicted octanol–water partition coefficient (Wildman–Crippen LogP) is 3.19. The van der Waals surface area contributed by atoms with Gasteiger partial charge in [-0.3, -0.25) is 0 Å². The van der Waals surface area contributed by atoms with Gasteiger partial charge in [-0.05, 0) is 31.4 Å². The third kappa shape index (κ3) is 3.90. The molecule has 0 bridgehead atoms. The number of hydrogen-bond acceptors (Lipinski definition) is 3. The van der Waals surface area contributed by atoms with Gasteiger partial charge in [-0.25, -0.2) is 4.98 Å². The highest BCUT2D eigenvalue weighted by atomic mass is 15.0. The molecule has 1 aromatic heterocycles. The number of pyridine rings is 1. The number of rotatable bonds is 5. The lowest BCUT2D eigenvalue weighted by molar-refractivity contribution is 0.483. The standard InChI is InChI=1S/C13H19N3/c1-4-10(2)7-11(3)16-13-8-12(9-14)5-6-15-13/h5-6,8,10-11H,4,7H2,1-3H3,(H,15,16). The Morgan fingerprint density at radius 2 is 2.25 bits per heavy atom. The Morgan fingerprint density at radius 3 is 2.88 bits per heavy atom. The Bertz CT molecular complexity index is 368. The van der Waals surface area contributed by atoms with Gasteiger partial charge in [-0.15, -0.1) is 0 Å². The summed E-state index contributed by atoms with van der Waals surface area (Å²) in [5.41, 5.74) is 0.647. The van der Waals surface area contributed by atoms with Crippen molar-refractivity contribution in [3.05, 3.63) is 23.9 Å². The Labute approximate surface area is 97.5 Å². The highest BCUT2D eigenvalue weighted by Gasteiger charge is 2.07.